The number of benzene rings is 1. The second kappa shape index (κ2) is 7.38. The van der Waals surface area contributed by atoms with Crippen LogP contribution in [0.3, 0.4) is 0 Å². The van der Waals surface area contributed by atoms with Gasteiger partial charge in [-0.15, -0.1) is 0 Å². The summed E-state index contributed by atoms with van der Waals surface area (Å²) in [5.41, 5.74) is 1.17. The van der Waals surface area contributed by atoms with Gasteiger partial charge in [-0.2, -0.15) is 5.10 Å². The molecule has 0 bridgehead atoms. The van der Waals surface area contributed by atoms with Crippen molar-refractivity contribution in [3.63, 3.8) is 0 Å². The van der Waals surface area contributed by atoms with E-state index >= 15 is 0 Å². The second-order valence-electron chi connectivity index (χ2n) is 5.46. The van der Waals surface area contributed by atoms with Crippen molar-refractivity contribution in [1.29, 1.82) is 0 Å². The minimum absolute atomic E-state index is 0.159. The Morgan fingerprint density at radius 2 is 2.14 bits per heavy atom. The molecule has 6 heteroatoms. The highest BCUT2D eigenvalue weighted by Gasteiger charge is 2.17. The van der Waals surface area contributed by atoms with Crippen molar-refractivity contribution >= 4 is 27.5 Å². The fourth-order valence-corrected chi connectivity index (χ4v) is 3.24. The lowest BCUT2D eigenvalue weighted by molar-refractivity contribution is 0.451. The summed E-state index contributed by atoms with van der Waals surface area (Å²) >= 11 is 9.60. The van der Waals surface area contributed by atoms with Crippen LogP contribution in [-0.4, -0.2) is 21.8 Å². The maximum absolute atomic E-state index is 6.01. The average molecular weight is 372 g/mol. The largest absolute Gasteiger partial charge is 0.313 e. The van der Waals surface area contributed by atoms with E-state index in [-0.39, 0.29) is 6.04 Å². The van der Waals surface area contributed by atoms with Crippen LogP contribution in [0.15, 0.2) is 29.0 Å². The molecule has 0 amide bonds. The molecule has 2 aromatic rings. The molecule has 1 heterocycles. The Bertz CT molecular complexity index is 597. The van der Waals surface area contributed by atoms with E-state index in [1.54, 1.807) is 6.33 Å². The standard InChI is InChI=1S/C15H20BrClN4/c1-10(2)8-21-15(19-9-20-21)7-14(18-3)12-5-4-11(17)6-13(12)16/h4-6,9-10,14,18H,7-8H2,1-3H3. The molecular formula is C15H20BrClN4. The van der Waals surface area contributed by atoms with E-state index in [9.17, 15) is 0 Å². The Morgan fingerprint density at radius 1 is 1.38 bits per heavy atom. The summed E-state index contributed by atoms with van der Waals surface area (Å²) < 4.78 is 2.99. The van der Waals surface area contributed by atoms with Crippen LogP contribution in [0, 0.1) is 5.92 Å². The van der Waals surface area contributed by atoms with Crippen molar-refractivity contribution in [3.05, 3.63) is 45.4 Å². The van der Waals surface area contributed by atoms with Gasteiger partial charge >= 0.3 is 0 Å². The lowest BCUT2D eigenvalue weighted by Crippen LogP contribution is -2.22. The summed E-state index contributed by atoms with van der Waals surface area (Å²) in [7, 11) is 1.95. The first-order valence-electron chi connectivity index (χ1n) is 7.00. The van der Waals surface area contributed by atoms with Gasteiger partial charge in [0.1, 0.15) is 12.2 Å². The monoisotopic (exact) mass is 370 g/mol. The maximum Gasteiger partial charge on any atom is 0.138 e. The van der Waals surface area contributed by atoms with E-state index in [0.717, 1.165) is 28.3 Å². The Hall–Kier alpha value is -0.910. The highest BCUT2D eigenvalue weighted by molar-refractivity contribution is 9.10. The zero-order valence-electron chi connectivity index (χ0n) is 12.5. The maximum atomic E-state index is 6.01. The average Bonchev–Trinajstić information content (AvgIpc) is 2.83. The van der Waals surface area contributed by atoms with Gasteiger partial charge in [0.05, 0.1) is 0 Å². The van der Waals surface area contributed by atoms with Crippen LogP contribution in [0.25, 0.3) is 0 Å². The van der Waals surface area contributed by atoms with E-state index in [4.69, 9.17) is 11.6 Å². The molecule has 2 rings (SSSR count). The Balaban J connectivity index is 2.21. The van der Waals surface area contributed by atoms with Crippen LogP contribution in [0.4, 0.5) is 0 Å². The van der Waals surface area contributed by atoms with Gasteiger partial charge in [-0.05, 0) is 30.7 Å². The van der Waals surface area contributed by atoms with Crippen LogP contribution >= 0.6 is 27.5 Å². The van der Waals surface area contributed by atoms with E-state index in [2.05, 4.69) is 45.2 Å². The van der Waals surface area contributed by atoms with E-state index in [1.807, 2.05) is 29.9 Å². The summed E-state index contributed by atoms with van der Waals surface area (Å²) in [6.45, 7) is 5.24. The molecule has 1 aromatic heterocycles. The molecule has 114 valence electrons. The zero-order valence-corrected chi connectivity index (χ0v) is 14.8. The number of nitrogens with zero attached hydrogens (tertiary/aromatic N) is 3. The number of nitrogens with one attached hydrogen (secondary N) is 1. The van der Waals surface area contributed by atoms with Gasteiger partial charge in [0.15, 0.2) is 0 Å². The molecule has 0 aliphatic heterocycles. The molecule has 1 aromatic carbocycles. The molecule has 1 atom stereocenters. The van der Waals surface area contributed by atoms with Gasteiger partial charge in [0, 0.05) is 28.5 Å². The number of likely N-dealkylation sites (N-methyl/N-ethyl adjacent to an activating group) is 1. The van der Waals surface area contributed by atoms with E-state index in [0.29, 0.717) is 5.92 Å². The zero-order chi connectivity index (χ0) is 15.4. The molecular weight excluding hydrogens is 352 g/mol. The smallest absolute Gasteiger partial charge is 0.138 e. The van der Waals surface area contributed by atoms with Crippen LogP contribution in [0.1, 0.15) is 31.3 Å². The van der Waals surface area contributed by atoms with Crippen molar-refractivity contribution in [2.75, 3.05) is 7.05 Å². The molecule has 4 nitrogen and oxygen atoms in total. The number of hydrogen-bond donors (Lipinski definition) is 1. The summed E-state index contributed by atoms with van der Waals surface area (Å²) in [6, 6.07) is 6.02. The minimum Gasteiger partial charge on any atom is -0.313 e. The molecule has 0 radical (unpaired) electrons. The molecule has 0 aliphatic rings. The highest BCUT2D eigenvalue weighted by Crippen LogP contribution is 2.28. The van der Waals surface area contributed by atoms with Gasteiger partial charge in [-0.3, -0.25) is 0 Å². The summed E-state index contributed by atoms with van der Waals surface area (Å²) in [5, 5.41) is 8.39. The number of rotatable bonds is 6. The van der Waals surface area contributed by atoms with Crippen molar-refractivity contribution in [2.24, 2.45) is 5.92 Å². The van der Waals surface area contributed by atoms with Crippen molar-refractivity contribution < 1.29 is 0 Å². The van der Waals surface area contributed by atoms with Crippen LogP contribution in [0.2, 0.25) is 5.02 Å². The molecule has 0 fully saturated rings. The number of halogens is 2. The molecule has 0 spiro atoms. The van der Waals surface area contributed by atoms with Crippen LogP contribution < -0.4 is 5.32 Å². The first-order chi connectivity index (χ1) is 10.0. The van der Waals surface area contributed by atoms with Crippen molar-refractivity contribution in [3.8, 4) is 0 Å². The first-order valence-corrected chi connectivity index (χ1v) is 8.17. The SMILES string of the molecule is CNC(Cc1ncnn1CC(C)C)c1ccc(Cl)cc1Br. The summed E-state index contributed by atoms with van der Waals surface area (Å²) in [4.78, 5) is 4.40. The van der Waals surface area contributed by atoms with Crippen molar-refractivity contribution in [1.82, 2.24) is 20.1 Å². The number of hydrogen-bond acceptors (Lipinski definition) is 3. The third-order valence-electron chi connectivity index (χ3n) is 3.31. The third-order valence-corrected chi connectivity index (χ3v) is 4.23. The lowest BCUT2D eigenvalue weighted by atomic mass is 10.0. The first kappa shape index (κ1) is 16.5. The predicted molar refractivity (Wildman–Crippen MR) is 89.5 cm³/mol. The van der Waals surface area contributed by atoms with E-state index in [1.165, 1.54) is 5.56 Å². The Morgan fingerprint density at radius 3 is 2.76 bits per heavy atom. The number of aromatic nitrogens is 3. The Kier molecular flexibility index (Phi) is 5.79. The van der Waals surface area contributed by atoms with Crippen molar-refractivity contribution in [2.45, 2.75) is 32.9 Å². The fraction of sp³-hybridized carbons (Fsp3) is 0.467. The topological polar surface area (TPSA) is 42.7 Å². The molecule has 0 aliphatic carbocycles. The molecule has 1 unspecified atom stereocenters. The lowest BCUT2D eigenvalue weighted by Gasteiger charge is -2.19. The molecule has 0 saturated heterocycles. The predicted octanol–water partition coefficient (Wildman–Crippen LogP) is 3.85. The minimum atomic E-state index is 0.159. The van der Waals surface area contributed by atoms with Gasteiger partial charge in [-0.25, -0.2) is 9.67 Å². The highest BCUT2D eigenvalue weighted by atomic mass is 79.9. The normalized spacial score (nSPS) is 12.9. The molecule has 0 saturated carbocycles. The van der Waals surface area contributed by atoms with Gasteiger partial charge in [0.2, 0.25) is 0 Å². The fourth-order valence-electron chi connectivity index (χ4n) is 2.28. The van der Waals surface area contributed by atoms with Crippen LogP contribution in [0.5, 0.6) is 0 Å². The third kappa shape index (κ3) is 4.28. The van der Waals surface area contributed by atoms with Gasteiger partial charge in [-0.1, -0.05) is 47.4 Å². The van der Waals surface area contributed by atoms with Gasteiger partial charge in [0.25, 0.3) is 0 Å². The Labute approximate surface area is 139 Å². The molecule has 21 heavy (non-hydrogen) atoms. The summed E-state index contributed by atoms with van der Waals surface area (Å²) in [6.07, 6.45) is 2.41. The van der Waals surface area contributed by atoms with E-state index < -0.39 is 0 Å². The second-order valence-corrected chi connectivity index (χ2v) is 6.75. The quantitative estimate of drug-likeness (QED) is 0.838. The van der Waals surface area contributed by atoms with Crippen LogP contribution in [-0.2, 0) is 13.0 Å². The van der Waals surface area contributed by atoms with Gasteiger partial charge < -0.3 is 5.32 Å². The summed E-state index contributed by atoms with van der Waals surface area (Å²) in [5.74, 6) is 1.53. The molecule has 1 N–H and O–H groups in total.